The van der Waals surface area contributed by atoms with Crippen LogP contribution in [0.25, 0.3) is 0 Å². The predicted molar refractivity (Wildman–Crippen MR) is 70.0 cm³/mol. The number of thioether (sulfide) groups is 1. The van der Waals surface area contributed by atoms with Gasteiger partial charge < -0.3 is 15.0 Å². The molecule has 0 aliphatic rings. The van der Waals surface area contributed by atoms with Crippen LogP contribution in [0.3, 0.4) is 0 Å². The number of nitrogen functional groups attached to an aromatic ring is 1. The summed E-state index contributed by atoms with van der Waals surface area (Å²) in [5.41, 5.74) is 5.90. The second-order valence-electron chi connectivity index (χ2n) is 3.17. The van der Waals surface area contributed by atoms with E-state index in [1.807, 2.05) is 0 Å². The van der Waals surface area contributed by atoms with Gasteiger partial charge in [0.1, 0.15) is 12.8 Å². The van der Waals surface area contributed by atoms with Crippen LogP contribution in [0, 0.1) is 6.92 Å². The second kappa shape index (κ2) is 5.80. The molecule has 8 nitrogen and oxygen atoms in total. The Hall–Kier alpha value is -1.94. The van der Waals surface area contributed by atoms with Gasteiger partial charge in [-0.15, -0.1) is 21.5 Å². The molecule has 0 fully saturated rings. The number of rotatable bonds is 4. The number of hydrogen-bond donors (Lipinski definition) is 1. The highest BCUT2D eigenvalue weighted by atomic mass is 32.2. The lowest BCUT2D eigenvalue weighted by Gasteiger charge is -1.98. The van der Waals surface area contributed by atoms with E-state index in [0.29, 0.717) is 16.7 Å². The fourth-order valence-electron chi connectivity index (χ4n) is 1.12. The Morgan fingerprint density at radius 2 is 2.37 bits per heavy atom. The first-order valence-corrected chi connectivity index (χ1v) is 6.64. The van der Waals surface area contributed by atoms with Gasteiger partial charge in [0.15, 0.2) is 10.8 Å². The molecule has 0 saturated carbocycles. The van der Waals surface area contributed by atoms with Crippen molar-refractivity contribution in [3.8, 4) is 0 Å². The van der Waals surface area contributed by atoms with E-state index < -0.39 is 5.12 Å². The zero-order chi connectivity index (χ0) is 13.8. The molecule has 2 aromatic rings. The fraction of sp³-hybridized carbons (Fsp3) is 0.222. The first-order chi connectivity index (χ1) is 9.10. The SMILES string of the molecule is CO/N=C(/C(=O)Sc1nnc(C)o1)c1csc(N)n1. The van der Waals surface area contributed by atoms with Crippen molar-refractivity contribution in [2.45, 2.75) is 12.1 Å². The molecule has 2 rings (SSSR count). The van der Waals surface area contributed by atoms with Crippen LogP contribution in [0.5, 0.6) is 0 Å². The van der Waals surface area contributed by atoms with Gasteiger partial charge in [-0.3, -0.25) is 4.79 Å². The summed E-state index contributed by atoms with van der Waals surface area (Å²) in [6.45, 7) is 1.63. The molecule has 0 aliphatic carbocycles. The molecule has 100 valence electrons. The van der Waals surface area contributed by atoms with Gasteiger partial charge in [0.25, 0.3) is 10.3 Å². The van der Waals surface area contributed by atoms with Gasteiger partial charge in [-0.05, 0) is 0 Å². The Morgan fingerprint density at radius 3 is 2.89 bits per heavy atom. The monoisotopic (exact) mass is 299 g/mol. The molecule has 0 aliphatic heterocycles. The molecule has 0 bridgehead atoms. The third-order valence-corrected chi connectivity index (χ3v) is 3.22. The number of anilines is 1. The normalized spacial score (nSPS) is 11.6. The van der Waals surface area contributed by atoms with Crippen LogP contribution in [0.4, 0.5) is 5.13 Å². The molecule has 0 saturated heterocycles. The molecule has 10 heteroatoms. The van der Waals surface area contributed by atoms with E-state index in [9.17, 15) is 4.79 Å². The Morgan fingerprint density at radius 1 is 1.58 bits per heavy atom. The van der Waals surface area contributed by atoms with Gasteiger partial charge in [0.05, 0.1) is 0 Å². The quantitative estimate of drug-likeness (QED) is 0.506. The minimum atomic E-state index is -0.421. The molecule has 2 N–H and O–H groups in total. The minimum Gasteiger partial charge on any atom is -0.416 e. The van der Waals surface area contributed by atoms with Gasteiger partial charge in [-0.25, -0.2) is 4.98 Å². The van der Waals surface area contributed by atoms with E-state index in [1.165, 1.54) is 18.4 Å². The van der Waals surface area contributed by atoms with Crippen molar-refractivity contribution in [3.05, 3.63) is 17.0 Å². The van der Waals surface area contributed by atoms with Gasteiger partial charge >= 0.3 is 0 Å². The standard InChI is InChI=1S/C9H9N5O3S2/c1-4-12-13-9(17-4)19-7(15)6(14-16-2)5-3-18-8(10)11-5/h3H,1-2H3,(H2,10,11)/b14-6+. The molecule has 0 atom stereocenters. The first kappa shape index (κ1) is 13.5. The Balaban J connectivity index is 2.20. The highest BCUT2D eigenvalue weighted by molar-refractivity contribution is 8.15. The summed E-state index contributed by atoms with van der Waals surface area (Å²) in [5, 5.41) is 12.7. The first-order valence-electron chi connectivity index (χ1n) is 4.95. The minimum absolute atomic E-state index is 0.0382. The maximum absolute atomic E-state index is 12.1. The summed E-state index contributed by atoms with van der Waals surface area (Å²) < 4.78 is 5.11. The largest absolute Gasteiger partial charge is 0.416 e. The zero-order valence-electron chi connectivity index (χ0n) is 9.98. The molecule has 0 radical (unpaired) electrons. The summed E-state index contributed by atoms with van der Waals surface area (Å²) in [5.74, 6) is 0.374. The topological polar surface area (TPSA) is 116 Å². The van der Waals surface area contributed by atoms with Crippen molar-refractivity contribution in [1.82, 2.24) is 15.2 Å². The Bertz CT molecular complexity index is 621. The summed E-state index contributed by atoms with van der Waals surface area (Å²) >= 11 is 1.95. The molecule has 0 amide bonds. The highest BCUT2D eigenvalue weighted by Crippen LogP contribution is 2.21. The molecule has 2 heterocycles. The number of nitrogens with zero attached hydrogens (tertiary/aromatic N) is 4. The van der Waals surface area contributed by atoms with Crippen molar-refractivity contribution >= 4 is 39.1 Å². The van der Waals surface area contributed by atoms with Crippen LogP contribution in [-0.2, 0) is 9.63 Å². The number of nitrogens with two attached hydrogens (primary N) is 1. The molecular formula is C9H9N5O3S2. The van der Waals surface area contributed by atoms with Crippen LogP contribution in [0.15, 0.2) is 20.2 Å². The number of oxime groups is 1. The van der Waals surface area contributed by atoms with Crippen LogP contribution in [0.2, 0.25) is 0 Å². The van der Waals surface area contributed by atoms with Crippen LogP contribution >= 0.6 is 23.1 Å². The van der Waals surface area contributed by atoms with Gasteiger partial charge in [0, 0.05) is 24.1 Å². The number of aromatic nitrogens is 3. The number of aryl methyl sites for hydroxylation is 1. The molecular weight excluding hydrogens is 290 g/mol. The zero-order valence-corrected chi connectivity index (χ0v) is 11.6. The maximum Gasteiger partial charge on any atom is 0.284 e. The van der Waals surface area contributed by atoms with E-state index >= 15 is 0 Å². The van der Waals surface area contributed by atoms with E-state index in [-0.39, 0.29) is 10.9 Å². The molecule has 2 aromatic heterocycles. The average Bonchev–Trinajstić information content (AvgIpc) is 2.95. The molecule has 0 spiro atoms. The van der Waals surface area contributed by atoms with Crippen LogP contribution in [0.1, 0.15) is 11.6 Å². The van der Waals surface area contributed by atoms with Crippen molar-refractivity contribution in [2.75, 3.05) is 12.8 Å². The maximum atomic E-state index is 12.1. The van der Waals surface area contributed by atoms with Gasteiger partial charge in [0.2, 0.25) is 5.89 Å². The molecule has 0 unspecified atom stereocenters. The van der Waals surface area contributed by atoms with Crippen molar-refractivity contribution < 1.29 is 14.0 Å². The van der Waals surface area contributed by atoms with Gasteiger partial charge in [-0.2, -0.15) is 0 Å². The van der Waals surface area contributed by atoms with Crippen LogP contribution in [-0.4, -0.2) is 33.1 Å². The number of carbonyl (C=O) groups excluding carboxylic acids is 1. The summed E-state index contributed by atoms with van der Waals surface area (Å²) in [6, 6.07) is 0. The van der Waals surface area contributed by atoms with Gasteiger partial charge in [-0.1, -0.05) is 5.16 Å². The predicted octanol–water partition coefficient (Wildman–Crippen LogP) is 1.09. The third-order valence-electron chi connectivity index (χ3n) is 1.83. The average molecular weight is 299 g/mol. The van der Waals surface area contributed by atoms with Crippen molar-refractivity contribution in [3.63, 3.8) is 0 Å². The highest BCUT2D eigenvalue weighted by Gasteiger charge is 2.22. The van der Waals surface area contributed by atoms with Crippen LogP contribution < -0.4 is 5.73 Å². The van der Waals surface area contributed by atoms with E-state index in [0.717, 1.165) is 11.8 Å². The summed E-state index contributed by atoms with van der Waals surface area (Å²) in [6.07, 6.45) is 0. The second-order valence-corrected chi connectivity index (χ2v) is 4.98. The van der Waals surface area contributed by atoms with Crippen molar-refractivity contribution in [1.29, 1.82) is 0 Å². The lowest BCUT2D eigenvalue weighted by Crippen LogP contribution is -2.13. The fourth-order valence-corrected chi connectivity index (χ4v) is 2.31. The van der Waals surface area contributed by atoms with E-state index in [1.54, 1.807) is 12.3 Å². The summed E-state index contributed by atoms with van der Waals surface area (Å²) in [7, 11) is 1.34. The molecule has 19 heavy (non-hydrogen) atoms. The Labute approximate surface area is 116 Å². The number of thiazole rings is 1. The van der Waals surface area contributed by atoms with Crippen molar-refractivity contribution in [2.24, 2.45) is 5.16 Å². The number of hydrogen-bond acceptors (Lipinski definition) is 10. The Kier molecular flexibility index (Phi) is 4.12. The smallest absolute Gasteiger partial charge is 0.284 e. The lowest BCUT2D eigenvalue weighted by molar-refractivity contribution is -0.105. The van der Waals surface area contributed by atoms with E-state index in [2.05, 4.69) is 25.2 Å². The summed E-state index contributed by atoms with van der Waals surface area (Å²) in [4.78, 5) is 20.7. The van der Waals surface area contributed by atoms with E-state index in [4.69, 9.17) is 10.2 Å². The molecule has 0 aromatic carbocycles. The third kappa shape index (κ3) is 3.29. The number of carbonyl (C=O) groups is 1. The lowest BCUT2D eigenvalue weighted by atomic mass is 10.3.